The summed E-state index contributed by atoms with van der Waals surface area (Å²) in [5, 5.41) is 3.98. The van der Waals surface area contributed by atoms with Crippen molar-refractivity contribution < 1.29 is 4.84 Å². The molecule has 11 heavy (non-hydrogen) atoms. The van der Waals surface area contributed by atoms with E-state index in [0.717, 1.165) is 5.52 Å². The van der Waals surface area contributed by atoms with Crippen molar-refractivity contribution >= 4 is 11.3 Å². The highest BCUT2D eigenvalue weighted by Crippen LogP contribution is 2.08. The lowest BCUT2D eigenvalue weighted by Gasteiger charge is -2.01. The molecule has 0 amide bonds. The van der Waals surface area contributed by atoms with E-state index in [1.165, 1.54) is 12.0 Å². The van der Waals surface area contributed by atoms with Crippen molar-refractivity contribution in [2.75, 3.05) is 12.8 Å². The molecule has 2 heterocycles. The van der Waals surface area contributed by atoms with Crippen molar-refractivity contribution in [3.8, 4) is 0 Å². The van der Waals surface area contributed by atoms with Gasteiger partial charge in [0.1, 0.15) is 7.11 Å². The number of aromatic nitrogens is 3. The second-order valence-electron chi connectivity index (χ2n) is 2.17. The molecule has 0 unspecified atom stereocenters. The van der Waals surface area contributed by atoms with Crippen LogP contribution in [0.3, 0.4) is 0 Å². The zero-order valence-electron chi connectivity index (χ0n) is 6.06. The van der Waals surface area contributed by atoms with Gasteiger partial charge in [0.25, 0.3) is 0 Å². The zero-order chi connectivity index (χ0) is 7.84. The van der Waals surface area contributed by atoms with Gasteiger partial charge in [-0.05, 0) is 6.07 Å². The van der Waals surface area contributed by atoms with Gasteiger partial charge in [-0.2, -0.15) is 5.10 Å². The van der Waals surface area contributed by atoms with Gasteiger partial charge < -0.3 is 10.6 Å². The molecule has 2 aromatic rings. The van der Waals surface area contributed by atoms with Crippen LogP contribution in [0.1, 0.15) is 0 Å². The van der Waals surface area contributed by atoms with Crippen LogP contribution in [0.25, 0.3) is 5.52 Å². The molecule has 0 aliphatic carbocycles. The minimum absolute atomic E-state index is 0.538. The molecule has 0 saturated carbocycles. The van der Waals surface area contributed by atoms with Crippen LogP contribution >= 0.6 is 0 Å². The van der Waals surface area contributed by atoms with E-state index in [1.807, 2.05) is 6.07 Å². The Morgan fingerprint density at radius 3 is 3.18 bits per heavy atom. The van der Waals surface area contributed by atoms with Crippen LogP contribution in [-0.2, 0) is 0 Å². The van der Waals surface area contributed by atoms with Crippen molar-refractivity contribution in [1.82, 2.24) is 14.6 Å². The summed E-state index contributed by atoms with van der Waals surface area (Å²) in [5.74, 6) is 0.538. The lowest BCUT2D eigenvalue weighted by Crippen LogP contribution is -2.15. The first-order valence-corrected chi connectivity index (χ1v) is 3.18. The number of nitrogen functional groups attached to an aromatic ring is 1. The summed E-state index contributed by atoms with van der Waals surface area (Å²) in [6, 6.07) is 3.64. The smallest absolute Gasteiger partial charge is 0.163 e. The van der Waals surface area contributed by atoms with E-state index in [1.54, 1.807) is 16.9 Å². The Kier molecular flexibility index (Phi) is 1.06. The van der Waals surface area contributed by atoms with E-state index >= 15 is 0 Å². The van der Waals surface area contributed by atoms with Gasteiger partial charge in [-0.15, -0.1) is 4.63 Å². The van der Waals surface area contributed by atoms with E-state index in [4.69, 9.17) is 10.6 Å². The first-order valence-electron chi connectivity index (χ1n) is 3.18. The molecule has 0 radical (unpaired) electrons. The van der Waals surface area contributed by atoms with Gasteiger partial charge in [0.05, 0.1) is 11.7 Å². The van der Waals surface area contributed by atoms with Crippen LogP contribution in [0.4, 0.5) is 5.82 Å². The summed E-state index contributed by atoms with van der Waals surface area (Å²) in [7, 11) is 1.54. The predicted octanol–water partition coefficient (Wildman–Crippen LogP) is -0.224. The fourth-order valence-corrected chi connectivity index (χ4v) is 1.06. The average Bonchev–Trinajstić information content (AvgIpc) is 2.46. The van der Waals surface area contributed by atoms with Crippen LogP contribution in [0, 0.1) is 0 Å². The van der Waals surface area contributed by atoms with Gasteiger partial charge in [0.2, 0.25) is 0 Å². The summed E-state index contributed by atoms with van der Waals surface area (Å²) in [5.41, 5.74) is 6.51. The van der Waals surface area contributed by atoms with Crippen LogP contribution in [0.5, 0.6) is 0 Å². The molecule has 2 aromatic heterocycles. The molecule has 2 rings (SSSR count). The Labute approximate surface area is 62.9 Å². The quantitative estimate of drug-likeness (QED) is 0.614. The Hall–Kier alpha value is -1.65. The number of nitrogens with zero attached hydrogens (tertiary/aromatic N) is 3. The molecule has 0 fully saturated rings. The standard InChI is InChI=1S/C6H8N4O/c1-11-10-6(7)4-5-2-3-8-9(5)10/h2-4H,7H2,1H3. The first kappa shape index (κ1) is 6.09. The summed E-state index contributed by atoms with van der Waals surface area (Å²) >= 11 is 0. The summed E-state index contributed by atoms with van der Waals surface area (Å²) in [6.45, 7) is 0. The number of anilines is 1. The van der Waals surface area contributed by atoms with Crippen molar-refractivity contribution in [2.24, 2.45) is 0 Å². The van der Waals surface area contributed by atoms with Crippen LogP contribution in [0.2, 0.25) is 0 Å². The third-order valence-electron chi connectivity index (χ3n) is 1.51. The van der Waals surface area contributed by atoms with Gasteiger partial charge in [0.15, 0.2) is 5.82 Å². The maximum atomic E-state index is 5.59. The zero-order valence-corrected chi connectivity index (χ0v) is 6.06. The monoisotopic (exact) mass is 152 g/mol. The van der Waals surface area contributed by atoms with Gasteiger partial charge in [0, 0.05) is 6.07 Å². The molecule has 2 N–H and O–H groups in total. The van der Waals surface area contributed by atoms with Gasteiger partial charge >= 0.3 is 0 Å². The van der Waals surface area contributed by atoms with Crippen molar-refractivity contribution in [1.29, 1.82) is 0 Å². The van der Waals surface area contributed by atoms with Gasteiger partial charge in [-0.1, -0.05) is 4.85 Å². The van der Waals surface area contributed by atoms with E-state index in [2.05, 4.69) is 5.10 Å². The maximum Gasteiger partial charge on any atom is 0.163 e. The topological polar surface area (TPSA) is 57.5 Å². The molecular formula is C6H8N4O. The lowest BCUT2D eigenvalue weighted by atomic mass is 10.5. The number of hydrogen-bond donors (Lipinski definition) is 1. The Morgan fingerprint density at radius 1 is 1.64 bits per heavy atom. The minimum Gasteiger partial charge on any atom is -0.398 e. The Balaban J connectivity index is 2.80. The molecule has 5 heteroatoms. The number of fused-ring (bicyclic) bond motifs is 1. The van der Waals surface area contributed by atoms with E-state index in [-0.39, 0.29) is 0 Å². The first-order chi connectivity index (χ1) is 5.33. The fourth-order valence-electron chi connectivity index (χ4n) is 1.06. The number of nitrogens with two attached hydrogens (primary N) is 1. The van der Waals surface area contributed by atoms with E-state index in [9.17, 15) is 0 Å². The normalized spacial score (nSPS) is 10.6. The highest BCUT2D eigenvalue weighted by molar-refractivity contribution is 5.53. The summed E-state index contributed by atoms with van der Waals surface area (Å²) in [6.07, 6.45) is 1.68. The van der Waals surface area contributed by atoms with Gasteiger partial charge in [-0.25, -0.2) is 0 Å². The molecule has 0 spiro atoms. The molecule has 5 nitrogen and oxygen atoms in total. The maximum absolute atomic E-state index is 5.59. The van der Waals surface area contributed by atoms with Crippen molar-refractivity contribution in [3.63, 3.8) is 0 Å². The molecule has 0 aromatic carbocycles. The Morgan fingerprint density at radius 2 is 2.45 bits per heavy atom. The molecule has 0 atom stereocenters. The summed E-state index contributed by atoms with van der Waals surface area (Å²) < 4.78 is 1.58. The average molecular weight is 152 g/mol. The van der Waals surface area contributed by atoms with Crippen molar-refractivity contribution in [2.45, 2.75) is 0 Å². The van der Waals surface area contributed by atoms with Gasteiger partial charge in [-0.3, -0.25) is 0 Å². The SMILES string of the molecule is COn1c(N)cc2ccnn21. The van der Waals surface area contributed by atoms with Crippen molar-refractivity contribution in [3.05, 3.63) is 18.3 Å². The van der Waals surface area contributed by atoms with E-state index < -0.39 is 0 Å². The molecule has 58 valence electrons. The highest BCUT2D eigenvalue weighted by atomic mass is 16.7. The predicted molar refractivity (Wildman–Crippen MR) is 40.1 cm³/mol. The number of rotatable bonds is 1. The van der Waals surface area contributed by atoms with Crippen LogP contribution in [0.15, 0.2) is 18.3 Å². The second kappa shape index (κ2) is 1.91. The molecule has 0 saturated heterocycles. The second-order valence-corrected chi connectivity index (χ2v) is 2.17. The molecule has 0 bridgehead atoms. The molecule has 0 aliphatic heterocycles. The molecular weight excluding hydrogens is 144 g/mol. The van der Waals surface area contributed by atoms with Crippen LogP contribution < -0.4 is 10.6 Å². The van der Waals surface area contributed by atoms with E-state index in [0.29, 0.717) is 5.82 Å². The third-order valence-corrected chi connectivity index (χ3v) is 1.51. The fraction of sp³-hybridized carbons (Fsp3) is 0.167. The summed E-state index contributed by atoms with van der Waals surface area (Å²) in [4.78, 5) is 6.36. The lowest BCUT2D eigenvalue weighted by molar-refractivity contribution is 0.121. The minimum atomic E-state index is 0.538. The highest BCUT2D eigenvalue weighted by Gasteiger charge is 2.04. The number of hydrogen-bond acceptors (Lipinski definition) is 3. The third kappa shape index (κ3) is 0.674. The largest absolute Gasteiger partial charge is 0.398 e. The molecule has 0 aliphatic rings. The van der Waals surface area contributed by atoms with Crippen LogP contribution in [-0.4, -0.2) is 21.7 Å². The Bertz CT molecular complexity index is 375.